The highest BCUT2D eigenvalue weighted by Gasteiger charge is 2.15. The first kappa shape index (κ1) is 11.9. The van der Waals surface area contributed by atoms with Gasteiger partial charge in [-0.25, -0.2) is 0 Å². The zero-order valence-corrected chi connectivity index (χ0v) is 9.77. The highest BCUT2D eigenvalue weighted by atomic mass is 15.2. The molecule has 0 unspecified atom stereocenters. The average Bonchev–Trinajstić information content (AvgIpc) is 2.26. The van der Waals surface area contributed by atoms with E-state index in [1.807, 2.05) is 20.2 Å². The topological polar surface area (TPSA) is 27.3 Å². The highest BCUT2D eigenvalue weighted by Crippen LogP contribution is 2.19. The maximum atomic E-state index is 4.08. The monoisotopic (exact) mass is 207 g/mol. The van der Waals surface area contributed by atoms with Gasteiger partial charge in [0.25, 0.3) is 0 Å². The molecule has 0 aliphatic carbocycles. The molecule has 0 radical (unpaired) electrons. The van der Waals surface area contributed by atoms with E-state index in [9.17, 15) is 0 Å². The van der Waals surface area contributed by atoms with Gasteiger partial charge in [0, 0.05) is 39.4 Å². The van der Waals surface area contributed by atoms with Gasteiger partial charge >= 0.3 is 0 Å². The number of allylic oxidation sites excluding steroid dienone is 1. The molecule has 84 valence electrons. The molecule has 3 heteroatoms. The molecule has 1 heterocycles. The summed E-state index contributed by atoms with van der Waals surface area (Å²) >= 11 is 0. The molecule has 0 bridgehead atoms. The minimum atomic E-state index is 1.02. The Morgan fingerprint density at radius 2 is 1.93 bits per heavy atom. The molecular weight excluding hydrogens is 186 g/mol. The van der Waals surface area contributed by atoms with Crippen molar-refractivity contribution in [3.63, 3.8) is 0 Å². The normalized spacial score (nSPS) is 17.5. The summed E-state index contributed by atoms with van der Waals surface area (Å²) in [6.45, 7) is 14.1. The minimum absolute atomic E-state index is 1.02. The van der Waals surface area contributed by atoms with Crippen molar-refractivity contribution in [1.82, 2.24) is 15.5 Å². The van der Waals surface area contributed by atoms with Gasteiger partial charge in [-0.1, -0.05) is 13.2 Å². The van der Waals surface area contributed by atoms with Crippen molar-refractivity contribution < 1.29 is 0 Å². The molecule has 1 saturated heterocycles. The van der Waals surface area contributed by atoms with Crippen molar-refractivity contribution in [3.8, 4) is 0 Å². The standard InChI is InChI=1S/C12H21N3/c1-10(2)11(3)12(9-13-4)15-7-5-14-6-8-15/h9,13-14H,1,3,5-8H2,2,4H3/b12-9+. The molecule has 0 amide bonds. The molecule has 0 spiro atoms. The summed E-state index contributed by atoms with van der Waals surface area (Å²) in [5, 5.41) is 6.41. The van der Waals surface area contributed by atoms with Crippen LogP contribution in [0, 0.1) is 0 Å². The van der Waals surface area contributed by atoms with Crippen molar-refractivity contribution in [2.24, 2.45) is 0 Å². The van der Waals surface area contributed by atoms with E-state index < -0.39 is 0 Å². The number of hydrogen-bond donors (Lipinski definition) is 2. The Bertz CT molecular complexity index is 273. The molecule has 2 N–H and O–H groups in total. The van der Waals surface area contributed by atoms with E-state index in [4.69, 9.17) is 0 Å². The van der Waals surface area contributed by atoms with Crippen LogP contribution >= 0.6 is 0 Å². The Labute approximate surface area is 92.5 Å². The third kappa shape index (κ3) is 3.13. The van der Waals surface area contributed by atoms with E-state index in [-0.39, 0.29) is 0 Å². The van der Waals surface area contributed by atoms with Crippen LogP contribution in [0.5, 0.6) is 0 Å². The lowest BCUT2D eigenvalue weighted by atomic mass is 10.1. The van der Waals surface area contributed by atoms with Gasteiger partial charge in [-0.2, -0.15) is 0 Å². The number of hydrogen-bond acceptors (Lipinski definition) is 3. The summed E-state index contributed by atoms with van der Waals surface area (Å²) in [6, 6.07) is 0. The molecular formula is C12H21N3. The first-order valence-corrected chi connectivity index (χ1v) is 5.35. The predicted molar refractivity (Wildman–Crippen MR) is 65.5 cm³/mol. The van der Waals surface area contributed by atoms with E-state index in [0.29, 0.717) is 0 Å². The van der Waals surface area contributed by atoms with Crippen LogP contribution in [-0.4, -0.2) is 38.1 Å². The fraction of sp³-hybridized carbons (Fsp3) is 0.500. The Morgan fingerprint density at radius 1 is 1.33 bits per heavy atom. The third-order valence-corrected chi connectivity index (χ3v) is 2.56. The molecule has 0 aromatic carbocycles. The molecule has 15 heavy (non-hydrogen) atoms. The fourth-order valence-electron chi connectivity index (χ4n) is 1.63. The third-order valence-electron chi connectivity index (χ3n) is 2.56. The van der Waals surface area contributed by atoms with E-state index in [2.05, 4.69) is 28.7 Å². The summed E-state index contributed by atoms with van der Waals surface area (Å²) in [6.07, 6.45) is 2.00. The van der Waals surface area contributed by atoms with Gasteiger partial charge in [-0.3, -0.25) is 0 Å². The maximum Gasteiger partial charge on any atom is 0.0596 e. The molecule has 0 aromatic rings. The van der Waals surface area contributed by atoms with Crippen LogP contribution in [0.4, 0.5) is 0 Å². The Morgan fingerprint density at radius 3 is 2.40 bits per heavy atom. The summed E-state index contributed by atoms with van der Waals surface area (Å²) in [5.41, 5.74) is 3.20. The van der Waals surface area contributed by atoms with Gasteiger partial charge < -0.3 is 15.5 Å². The van der Waals surface area contributed by atoms with Gasteiger partial charge in [0.1, 0.15) is 0 Å². The zero-order valence-electron chi connectivity index (χ0n) is 9.77. The number of rotatable bonds is 4. The lowest BCUT2D eigenvalue weighted by Crippen LogP contribution is -2.43. The Balaban J connectivity index is 2.77. The highest BCUT2D eigenvalue weighted by molar-refractivity contribution is 5.41. The first-order valence-electron chi connectivity index (χ1n) is 5.35. The van der Waals surface area contributed by atoms with E-state index >= 15 is 0 Å². The zero-order chi connectivity index (χ0) is 11.3. The molecule has 1 fully saturated rings. The summed E-state index contributed by atoms with van der Waals surface area (Å²) in [7, 11) is 1.91. The van der Waals surface area contributed by atoms with Crippen LogP contribution in [-0.2, 0) is 0 Å². The van der Waals surface area contributed by atoms with Crippen LogP contribution in [0.1, 0.15) is 6.92 Å². The lowest BCUT2D eigenvalue weighted by Gasteiger charge is -2.32. The van der Waals surface area contributed by atoms with Crippen molar-refractivity contribution >= 4 is 0 Å². The van der Waals surface area contributed by atoms with Crippen LogP contribution in [0.2, 0.25) is 0 Å². The molecule has 0 saturated carbocycles. The molecule has 0 aromatic heterocycles. The van der Waals surface area contributed by atoms with Crippen molar-refractivity contribution in [2.75, 3.05) is 33.2 Å². The van der Waals surface area contributed by atoms with Gasteiger partial charge in [0.2, 0.25) is 0 Å². The summed E-state index contributed by atoms with van der Waals surface area (Å²) in [5.74, 6) is 0. The SMILES string of the molecule is C=C(C)C(=C)/C(=C\NC)N1CCNCC1. The lowest BCUT2D eigenvalue weighted by molar-refractivity contribution is 0.303. The second kappa shape index (κ2) is 5.61. The van der Waals surface area contributed by atoms with E-state index in [0.717, 1.165) is 43.0 Å². The van der Waals surface area contributed by atoms with Gasteiger partial charge in [0.15, 0.2) is 0 Å². The fourth-order valence-corrected chi connectivity index (χ4v) is 1.63. The van der Waals surface area contributed by atoms with Crippen molar-refractivity contribution in [2.45, 2.75) is 6.92 Å². The molecule has 1 rings (SSSR count). The van der Waals surface area contributed by atoms with Crippen LogP contribution in [0.3, 0.4) is 0 Å². The van der Waals surface area contributed by atoms with E-state index in [1.165, 1.54) is 0 Å². The summed E-state index contributed by atoms with van der Waals surface area (Å²) in [4.78, 5) is 2.34. The van der Waals surface area contributed by atoms with Gasteiger partial charge in [0.05, 0.1) is 5.70 Å². The molecule has 1 aliphatic heterocycles. The second-order valence-electron chi connectivity index (χ2n) is 3.81. The molecule has 3 nitrogen and oxygen atoms in total. The molecule has 0 atom stereocenters. The number of nitrogens with zero attached hydrogens (tertiary/aromatic N) is 1. The Kier molecular flexibility index (Phi) is 4.43. The quantitative estimate of drug-likeness (QED) is 0.676. The predicted octanol–water partition coefficient (Wildman–Crippen LogP) is 1.08. The minimum Gasteiger partial charge on any atom is -0.392 e. The Hall–Kier alpha value is -1.22. The van der Waals surface area contributed by atoms with Crippen LogP contribution in [0.25, 0.3) is 0 Å². The smallest absolute Gasteiger partial charge is 0.0596 e. The first-order chi connectivity index (χ1) is 7.16. The number of piperazine rings is 1. The number of nitrogens with one attached hydrogen (secondary N) is 2. The largest absolute Gasteiger partial charge is 0.392 e. The molecule has 1 aliphatic rings. The van der Waals surface area contributed by atoms with Crippen molar-refractivity contribution in [3.05, 3.63) is 36.2 Å². The average molecular weight is 207 g/mol. The summed E-state index contributed by atoms with van der Waals surface area (Å²) < 4.78 is 0. The maximum absolute atomic E-state index is 4.08. The van der Waals surface area contributed by atoms with E-state index in [1.54, 1.807) is 0 Å². The van der Waals surface area contributed by atoms with Crippen molar-refractivity contribution in [1.29, 1.82) is 0 Å². The van der Waals surface area contributed by atoms with Gasteiger partial charge in [-0.15, -0.1) is 0 Å². The van der Waals surface area contributed by atoms with Crippen LogP contribution in [0.15, 0.2) is 36.2 Å². The second-order valence-corrected chi connectivity index (χ2v) is 3.81. The van der Waals surface area contributed by atoms with Crippen LogP contribution < -0.4 is 10.6 Å². The van der Waals surface area contributed by atoms with Gasteiger partial charge in [-0.05, 0) is 18.1 Å².